The molecule has 17 heavy (non-hydrogen) atoms. The van der Waals surface area contributed by atoms with Crippen LogP contribution in [0, 0.1) is 17.8 Å². The summed E-state index contributed by atoms with van der Waals surface area (Å²) >= 11 is 0. The summed E-state index contributed by atoms with van der Waals surface area (Å²) in [5.41, 5.74) is 0. The van der Waals surface area contributed by atoms with Gasteiger partial charge in [0.05, 0.1) is 0 Å². The van der Waals surface area contributed by atoms with Gasteiger partial charge < -0.3 is 4.90 Å². The van der Waals surface area contributed by atoms with Crippen molar-refractivity contribution < 1.29 is 9.59 Å². The minimum Gasteiger partial charge on any atom is -0.343 e. The van der Waals surface area contributed by atoms with Gasteiger partial charge in [-0.1, -0.05) is 0 Å². The van der Waals surface area contributed by atoms with E-state index >= 15 is 0 Å². The Balaban J connectivity index is 1.56. The second-order valence-corrected chi connectivity index (χ2v) is 6.14. The van der Waals surface area contributed by atoms with Gasteiger partial charge in [0.15, 0.2) is 0 Å². The summed E-state index contributed by atoms with van der Waals surface area (Å²) in [6.07, 6.45) is 6.70. The quantitative estimate of drug-likeness (QED) is 0.734. The first kappa shape index (κ1) is 11.2. The lowest BCUT2D eigenvalue weighted by atomic mass is 9.92. The first-order valence-electron chi connectivity index (χ1n) is 6.93. The molecule has 0 aliphatic heterocycles. The summed E-state index contributed by atoms with van der Waals surface area (Å²) in [4.78, 5) is 25.5. The number of hydrogen-bond donors (Lipinski definition) is 0. The van der Waals surface area contributed by atoms with E-state index in [-0.39, 0.29) is 0 Å². The van der Waals surface area contributed by atoms with E-state index in [4.69, 9.17) is 0 Å². The molecule has 0 radical (unpaired) electrons. The number of Topliss-reactive ketones (excluding diaryl/α,β-unsaturated/α-hetero) is 1. The SMILES string of the molecule is CN(C(=O)C1CC2CC2C1)C1CCC(=O)CC1. The van der Waals surface area contributed by atoms with E-state index in [9.17, 15) is 9.59 Å². The lowest BCUT2D eigenvalue weighted by Crippen LogP contribution is -2.42. The van der Waals surface area contributed by atoms with Crippen molar-refractivity contribution >= 4 is 11.7 Å². The molecule has 0 heterocycles. The molecule has 2 atom stereocenters. The van der Waals surface area contributed by atoms with Gasteiger partial charge in [0.1, 0.15) is 5.78 Å². The number of carbonyl (C=O) groups is 2. The summed E-state index contributed by atoms with van der Waals surface area (Å²) in [6.45, 7) is 0. The van der Waals surface area contributed by atoms with Crippen molar-refractivity contribution in [3.63, 3.8) is 0 Å². The molecular formula is C14H21NO2. The van der Waals surface area contributed by atoms with Crippen LogP contribution in [0.25, 0.3) is 0 Å². The van der Waals surface area contributed by atoms with Gasteiger partial charge >= 0.3 is 0 Å². The second-order valence-electron chi connectivity index (χ2n) is 6.14. The fourth-order valence-electron chi connectivity index (χ4n) is 3.70. The molecule has 94 valence electrons. The smallest absolute Gasteiger partial charge is 0.225 e. The molecule has 0 aromatic carbocycles. The average molecular weight is 235 g/mol. The Morgan fingerprint density at radius 1 is 1.12 bits per heavy atom. The van der Waals surface area contributed by atoms with Crippen LogP contribution in [0.1, 0.15) is 44.9 Å². The Labute approximate surface area is 103 Å². The van der Waals surface area contributed by atoms with E-state index in [1.165, 1.54) is 6.42 Å². The maximum absolute atomic E-state index is 12.3. The van der Waals surface area contributed by atoms with E-state index < -0.39 is 0 Å². The largest absolute Gasteiger partial charge is 0.343 e. The van der Waals surface area contributed by atoms with Crippen LogP contribution in [0.4, 0.5) is 0 Å². The van der Waals surface area contributed by atoms with Crippen LogP contribution in [0.3, 0.4) is 0 Å². The third kappa shape index (κ3) is 2.12. The van der Waals surface area contributed by atoms with Crippen LogP contribution in [0.5, 0.6) is 0 Å². The highest BCUT2D eigenvalue weighted by molar-refractivity contribution is 5.81. The maximum Gasteiger partial charge on any atom is 0.225 e. The number of amides is 1. The fraction of sp³-hybridized carbons (Fsp3) is 0.857. The third-order valence-electron chi connectivity index (χ3n) is 5.00. The minimum atomic E-state index is 0.293. The van der Waals surface area contributed by atoms with Gasteiger partial charge in [-0.15, -0.1) is 0 Å². The molecule has 1 amide bonds. The van der Waals surface area contributed by atoms with E-state index in [1.807, 2.05) is 11.9 Å². The van der Waals surface area contributed by atoms with Gasteiger partial charge in [0, 0.05) is 31.8 Å². The lowest BCUT2D eigenvalue weighted by molar-refractivity contribution is -0.138. The number of ketones is 1. The van der Waals surface area contributed by atoms with Crippen LogP contribution in [0.2, 0.25) is 0 Å². The predicted molar refractivity (Wildman–Crippen MR) is 64.4 cm³/mol. The van der Waals surface area contributed by atoms with Crippen LogP contribution in [-0.4, -0.2) is 29.7 Å². The molecule has 2 unspecified atom stereocenters. The first-order chi connectivity index (χ1) is 8.15. The van der Waals surface area contributed by atoms with Gasteiger partial charge in [-0.25, -0.2) is 0 Å². The topological polar surface area (TPSA) is 37.4 Å². The minimum absolute atomic E-state index is 0.293. The number of hydrogen-bond acceptors (Lipinski definition) is 2. The highest BCUT2D eigenvalue weighted by atomic mass is 16.2. The number of fused-ring (bicyclic) bond motifs is 1. The van der Waals surface area contributed by atoms with E-state index in [2.05, 4.69) is 0 Å². The summed E-state index contributed by atoms with van der Waals surface area (Å²) in [6, 6.07) is 0.317. The Morgan fingerprint density at radius 2 is 1.71 bits per heavy atom. The molecule has 0 aromatic heterocycles. The Hall–Kier alpha value is -0.860. The number of carbonyl (C=O) groups excluding carboxylic acids is 2. The summed E-state index contributed by atoms with van der Waals surface area (Å²) in [5.74, 6) is 2.73. The molecule has 3 nitrogen and oxygen atoms in total. The number of rotatable bonds is 2. The van der Waals surface area contributed by atoms with Crippen molar-refractivity contribution in [2.75, 3.05) is 7.05 Å². The van der Waals surface area contributed by atoms with E-state index in [1.54, 1.807) is 0 Å². The van der Waals surface area contributed by atoms with Crippen molar-refractivity contribution in [1.29, 1.82) is 0 Å². The van der Waals surface area contributed by atoms with Crippen LogP contribution in [0.15, 0.2) is 0 Å². The molecule has 3 rings (SSSR count). The molecule has 3 fully saturated rings. The van der Waals surface area contributed by atoms with Crippen LogP contribution in [-0.2, 0) is 9.59 Å². The Kier molecular flexibility index (Phi) is 2.72. The highest BCUT2D eigenvalue weighted by Crippen LogP contribution is 2.54. The zero-order chi connectivity index (χ0) is 12.0. The molecule has 0 aromatic rings. The first-order valence-corrected chi connectivity index (χ1v) is 6.93. The molecule has 0 spiro atoms. The van der Waals surface area contributed by atoms with E-state index in [0.29, 0.717) is 36.5 Å². The number of nitrogens with zero attached hydrogens (tertiary/aromatic N) is 1. The van der Waals surface area contributed by atoms with E-state index in [0.717, 1.165) is 37.5 Å². The zero-order valence-electron chi connectivity index (χ0n) is 10.5. The molecule has 3 heteroatoms. The molecule has 0 bridgehead atoms. The van der Waals surface area contributed by atoms with Gasteiger partial charge in [0.2, 0.25) is 5.91 Å². The predicted octanol–water partition coefficient (Wildman–Crippen LogP) is 2.00. The van der Waals surface area contributed by atoms with Gasteiger partial charge in [-0.3, -0.25) is 9.59 Å². The van der Waals surface area contributed by atoms with Gasteiger partial charge in [0.25, 0.3) is 0 Å². The van der Waals surface area contributed by atoms with Gasteiger partial charge in [-0.2, -0.15) is 0 Å². The summed E-state index contributed by atoms with van der Waals surface area (Å²) in [7, 11) is 1.94. The Morgan fingerprint density at radius 3 is 2.29 bits per heavy atom. The lowest BCUT2D eigenvalue weighted by Gasteiger charge is -2.32. The molecule has 3 aliphatic rings. The van der Waals surface area contributed by atoms with Crippen molar-refractivity contribution in [3.05, 3.63) is 0 Å². The molecule has 0 saturated heterocycles. The standard InChI is InChI=1S/C14H21NO2/c1-15(12-2-4-13(16)5-3-12)14(17)11-7-9-6-10(9)8-11/h9-12H,2-8H2,1H3. The molecule has 3 saturated carbocycles. The van der Waals surface area contributed by atoms with Crippen LogP contribution < -0.4 is 0 Å². The zero-order valence-corrected chi connectivity index (χ0v) is 10.5. The van der Waals surface area contributed by atoms with Crippen molar-refractivity contribution in [1.82, 2.24) is 4.90 Å². The van der Waals surface area contributed by atoms with Crippen molar-refractivity contribution in [2.24, 2.45) is 17.8 Å². The fourth-order valence-corrected chi connectivity index (χ4v) is 3.70. The van der Waals surface area contributed by atoms with Crippen molar-refractivity contribution in [3.8, 4) is 0 Å². The van der Waals surface area contributed by atoms with Crippen molar-refractivity contribution in [2.45, 2.75) is 51.0 Å². The second kappa shape index (κ2) is 4.11. The highest BCUT2D eigenvalue weighted by Gasteiger charge is 2.48. The monoisotopic (exact) mass is 235 g/mol. The van der Waals surface area contributed by atoms with Crippen LogP contribution >= 0.6 is 0 Å². The normalized spacial score (nSPS) is 36.8. The molecule has 0 N–H and O–H groups in total. The average Bonchev–Trinajstić information content (AvgIpc) is 2.95. The molecule has 3 aliphatic carbocycles. The molecular weight excluding hydrogens is 214 g/mol. The third-order valence-corrected chi connectivity index (χ3v) is 5.00. The Bertz CT molecular complexity index is 332. The summed E-state index contributed by atoms with van der Waals surface area (Å²) < 4.78 is 0. The van der Waals surface area contributed by atoms with Gasteiger partial charge in [-0.05, 0) is 43.9 Å². The summed E-state index contributed by atoms with van der Waals surface area (Å²) in [5, 5.41) is 0. The maximum atomic E-state index is 12.3.